The molecule has 18 heavy (non-hydrogen) atoms. The lowest BCUT2D eigenvalue weighted by molar-refractivity contribution is 0.0915. The molecule has 98 valence electrons. The summed E-state index contributed by atoms with van der Waals surface area (Å²) in [4.78, 5) is 14.5. The van der Waals surface area contributed by atoms with E-state index in [-0.39, 0.29) is 11.5 Å². The van der Waals surface area contributed by atoms with Gasteiger partial charge in [0.25, 0.3) is 0 Å². The average Bonchev–Trinajstić information content (AvgIpc) is 2.37. The van der Waals surface area contributed by atoms with Gasteiger partial charge in [-0.05, 0) is 63.0 Å². The number of benzene rings is 1. The molecule has 0 atom stereocenters. The van der Waals surface area contributed by atoms with E-state index in [1.54, 1.807) is 12.1 Å². The molecule has 1 heterocycles. The van der Waals surface area contributed by atoms with Crippen molar-refractivity contribution < 1.29 is 9.90 Å². The highest BCUT2D eigenvalue weighted by molar-refractivity contribution is 5.99. The Morgan fingerprint density at radius 1 is 1.17 bits per heavy atom. The highest BCUT2D eigenvalue weighted by Crippen LogP contribution is 2.23. The monoisotopic (exact) mass is 247 g/mol. The number of phenolic OH excluding ortho intramolecular Hbond substituents is 1. The molecule has 0 saturated carbocycles. The highest BCUT2D eigenvalue weighted by atomic mass is 16.3. The predicted molar refractivity (Wildman–Crippen MR) is 72.2 cm³/mol. The number of hydrogen-bond acceptors (Lipinski definition) is 3. The van der Waals surface area contributed by atoms with E-state index >= 15 is 0 Å². The van der Waals surface area contributed by atoms with E-state index in [2.05, 4.69) is 4.90 Å². The van der Waals surface area contributed by atoms with Crippen molar-refractivity contribution in [3.05, 3.63) is 28.8 Å². The van der Waals surface area contributed by atoms with Crippen molar-refractivity contribution >= 4 is 5.78 Å². The molecule has 3 nitrogen and oxygen atoms in total. The second kappa shape index (κ2) is 5.53. The van der Waals surface area contributed by atoms with E-state index in [0.717, 1.165) is 29.8 Å². The molecule has 1 N–H and O–H groups in total. The largest absolute Gasteiger partial charge is 0.508 e. The van der Waals surface area contributed by atoms with Gasteiger partial charge in [0.05, 0.1) is 6.54 Å². The van der Waals surface area contributed by atoms with Gasteiger partial charge in [0.1, 0.15) is 5.75 Å². The van der Waals surface area contributed by atoms with E-state index < -0.39 is 0 Å². The lowest BCUT2D eigenvalue weighted by Crippen LogP contribution is -2.34. The first-order valence-electron chi connectivity index (χ1n) is 6.64. The Labute approximate surface area is 108 Å². The molecule has 0 spiro atoms. The van der Waals surface area contributed by atoms with Crippen LogP contribution in [0.3, 0.4) is 0 Å². The third-order valence-electron chi connectivity index (χ3n) is 3.87. The first-order chi connectivity index (χ1) is 8.59. The van der Waals surface area contributed by atoms with Crippen LogP contribution in [0.5, 0.6) is 5.75 Å². The minimum absolute atomic E-state index is 0.164. The quantitative estimate of drug-likeness (QED) is 0.835. The van der Waals surface area contributed by atoms with Crippen molar-refractivity contribution in [3.8, 4) is 5.75 Å². The number of hydrogen-bond donors (Lipinski definition) is 1. The number of ketones is 1. The molecule has 0 bridgehead atoms. The van der Waals surface area contributed by atoms with Crippen molar-refractivity contribution in [2.24, 2.45) is 0 Å². The van der Waals surface area contributed by atoms with Gasteiger partial charge in [-0.3, -0.25) is 9.69 Å². The summed E-state index contributed by atoms with van der Waals surface area (Å²) in [6.07, 6.45) is 3.67. The fourth-order valence-electron chi connectivity index (χ4n) is 2.51. The van der Waals surface area contributed by atoms with Gasteiger partial charge in [-0.25, -0.2) is 0 Å². The Morgan fingerprint density at radius 3 is 2.50 bits per heavy atom. The predicted octanol–water partition coefficient (Wildman–Crippen LogP) is 2.68. The van der Waals surface area contributed by atoms with E-state index in [0.29, 0.717) is 6.54 Å². The Balaban J connectivity index is 2.11. The standard InChI is InChI=1S/C15H21NO2/c1-11-12(2)14(17)7-6-13(11)15(18)10-16-8-4-3-5-9-16/h6-7,17H,3-5,8-10H2,1-2H3. The Bertz CT molecular complexity index is 448. The maximum Gasteiger partial charge on any atom is 0.177 e. The number of Topliss-reactive ketones (excluding diaryl/α,β-unsaturated/α-hetero) is 1. The summed E-state index contributed by atoms with van der Waals surface area (Å²) >= 11 is 0. The summed E-state index contributed by atoms with van der Waals surface area (Å²) in [6, 6.07) is 3.36. The van der Waals surface area contributed by atoms with E-state index in [4.69, 9.17) is 0 Å². The molecular weight excluding hydrogens is 226 g/mol. The van der Waals surface area contributed by atoms with Crippen LogP contribution in [0.4, 0.5) is 0 Å². The number of nitrogens with zero attached hydrogens (tertiary/aromatic N) is 1. The number of aromatic hydroxyl groups is 1. The number of piperidine rings is 1. The van der Waals surface area contributed by atoms with Gasteiger partial charge in [0, 0.05) is 5.56 Å². The zero-order valence-electron chi connectivity index (χ0n) is 11.2. The number of likely N-dealkylation sites (tertiary alicyclic amines) is 1. The first kappa shape index (κ1) is 13.1. The molecule has 1 aromatic carbocycles. The molecule has 1 aromatic rings. The third-order valence-corrected chi connectivity index (χ3v) is 3.87. The number of carbonyl (C=O) groups excluding carboxylic acids is 1. The second-order valence-corrected chi connectivity index (χ2v) is 5.14. The summed E-state index contributed by atoms with van der Waals surface area (Å²) < 4.78 is 0. The molecule has 1 saturated heterocycles. The van der Waals surface area contributed by atoms with Gasteiger partial charge in [-0.2, -0.15) is 0 Å². The number of rotatable bonds is 3. The smallest absolute Gasteiger partial charge is 0.177 e. The van der Waals surface area contributed by atoms with Crippen molar-refractivity contribution in [1.82, 2.24) is 4.90 Å². The highest BCUT2D eigenvalue weighted by Gasteiger charge is 2.17. The molecule has 0 aromatic heterocycles. The summed E-state index contributed by atoms with van der Waals surface area (Å²) in [5.74, 6) is 0.430. The van der Waals surface area contributed by atoms with Gasteiger partial charge in [-0.1, -0.05) is 6.42 Å². The van der Waals surface area contributed by atoms with Crippen molar-refractivity contribution in [1.29, 1.82) is 0 Å². The fraction of sp³-hybridized carbons (Fsp3) is 0.533. The van der Waals surface area contributed by atoms with E-state index in [9.17, 15) is 9.90 Å². The van der Waals surface area contributed by atoms with Crippen molar-refractivity contribution in [2.45, 2.75) is 33.1 Å². The van der Waals surface area contributed by atoms with Crippen LogP contribution in [-0.4, -0.2) is 35.4 Å². The van der Waals surface area contributed by atoms with Crippen LogP contribution >= 0.6 is 0 Å². The van der Waals surface area contributed by atoms with Gasteiger partial charge in [0.2, 0.25) is 0 Å². The fourth-order valence-corrected chi connectivity index (χ4v) is 2.51. The summed E-state index contributed by atoms with van der Waals surface area (Å²) in [6.45, 7) is 6.32. The average molecular weight is 247 g/mol. The first-order valence-corrected chi connectivity index (χ1v) is 6.64. The van der Waals surface area contributed by atoms with Crippen LogP contribution in [0, 0.1) is 13.8 Å². The van der Waals surface area contributed by atoms with Crippen molar-refractivity contribution in [3.63, 3.8) is 0 Å². The number of phenols is 1. The zero-order valence-corrected chi connectivity index (χ0v) is 11.2. The van der Waals surface area contributed by atoms with Crippen LogP contribution in [-0.2, 0) is 0 Å². The lowest BCUT2D eigenvalue weighted by atomic mass is 9.98. The summed E-state index contributed by atoms with van der Waals surface area (Å²) in [5.41, 5.74) is 2.45. The van der Waals surface area contributed by atoms with Gasteiger partial charge in [0.15, 0.2) is 5.78 Å². The topological polar surface area (TPSA) is 40.5 Å². The summed E-state index contributed by atoms with van der Waals surface area (Å²) in [5, 5.41) is 9.61. The van der Waals surface area contributed by atoms with Crippen LogP contribution in [0.1, 0.15) is 40.7 Å². The maximum atomic E-state index is 12.3. The van der Waals surface area contributed by atoms with Gasteiger partial charge >= 0.3 is 0 Å². The van der Waals surface area contributed by atoms with Crippen LogP contribution in [0.2, 0.25) is 0 Å². The molecule has 3 heteroatoms. The molecule has 1 fully saturated rings. The second-order valence-electron chi connectivity index (χ2n) is 5.14. The normalized spacial score (nSPS) is 16.8. The molecular formula is C15H21NO2. The van der Waals surface area contributed by atoms with E-state index in [1.165, 1.54) is 19.3 Å². The SMILES string of the molecule is Cc1c(O)ccc(C(=O)CN2CCCCC2)c1C. The van der Waals surface area contributed by atoms with Gasteiger partial charge in [-0.15, -0.1) is 0 Å². The minimum Gasteiger partial charge on any atom is -0.508 e. The van der Waals surface area contributed by atoms with Crippen LogP contribution in [0.25, 0.3) is 0 Å². The summed E-state index contributed by atoms with van der Waals surface area (Å²) in [7, 11) is 0. The molecule has 1 aliphatic rings. The Morgan fingerprint density at radius 2 is 1.83 bits per heavy atom. The van der Waals surface area contributed by atoms with Gasteiger partial charge < -0.3 is 5.11 Å². The molecule has 0 aliphatic carbocycles. The Kier molecular flexibility index (Phi) is 4.02. The number of carbonyl (C=O) groups is 1. The van der Waals surface area contributed by atoms with Crippen LogP contribution in [0.15, 0.2) is 12.1 Å². The molecule has 0 radical (unpaired) electrons. The minimum atomic E-state index is 0.164. The van der Waals surface area contributed by atoms with E-state index in [1.807, 2.05) is 13.8 Å². The zero-order chi connectivity index (χ0) is 13.1. The van der Waals surface area contributed by atoms with Crippen LogP contribution < -0.4 is 0 Å². The Hall–Kier alpha value is -1.35. The maximum absolute atomic E-state index is 12.3. The molecule has 0 unspecified atom stereocenters. The third kappa shape index (κ3) is 2.72. The molecule has 0 amide bonds. The molecule has 2 rings (SSSR count). The van der Waals surface area contributed by atoms with Crippen molar-refractivity contribution in [2.75, 3.05) is 19.6 Å². The molecule has 1 aliphatic heterocycles. The lowest BCUT2D eigenvalue weighted by Gasteiger charge is -2.25.